The average Bonchev–Trinajstić information content (AvgIpc) is 2.83. The molecule has 102 valence electrons. The molecule has 1 rings (SSSR count). The molecule has 3 nitrogen and oxygen atoms in total. The van der Waals surface area contributed by atoms with Gasteiger partial charge >= 0.3 is 5.97 Å². The average molecular weight is 269 g/mol. The van der Waals surface area contributed by atoms with Crippen molar-refractivity contribution >= 4 is 17.3 Å². The fraction of sp³-hybridized carbons (Fsp3) is 0.643. The van der Waals surface area contributed by atoms with Crippen molar-refractivity contribution in [3.8, 4) is 0 Å². The molecule has 0 aliphatic heterocycles. The van der Waals surface area contributed by atoms with Crippen molar-refractivity contribution in [3.63, 3.8) is 0 Å². The molecule has 0 saturated carbocycles. The summed E-state index contributed by atoms with van der Waals surface area (Å²) < 4.78 is 4.84. The van der Waals surface area contributed by atoms with Crippen molar-refractivity contribution in [3.05, 3.63) is 21.9 Å². The lowest BCUT2D eigenvalue weighted by Gasteiger charge is -2.23. The lowest BCUT2D eigenvalue weighted by molar-refractivity contribution is -0.144. The highest BCUT2D eigenvalue weighted by Crippen LogP contribution is 2.24. The molecule has 1 aromatic rings. The Morgan fingerprint density at radius 2 is 2.06 bits per heavy atom. The summed E-state index contributed by atoms with van der Waals surface area (Å²) in [4.78, 5) is 14.3. The lowest BCUT2D eigenvalue weighted by atomic mass is 10.0. The van der Waals surface area contributed by atoms with Crippen LogP contribution in [0.4, 0.5) is 0 Å². The van der Waals surface area contributed by atoms with Gasteiger partial charge in [0.05, 0.1) is 7.11 Å². The van der Waals surface area contributed by atoms with Gasteiger partial charge in [0, 0.05) is 15.8 Å². The minimum absolute atomic E-state index is 0.168. The predicted molar refractivity (Wildman–Crippen MR) is 75.9 cm³/mol. The molecule has 0 aliphatic carbocycles. The van der Waals surface area contributed by atoms with E-state index in [2.05, 4.69) is 31.3 Å². The van der Waals surface area contributed by atoms with E-state index in [4.69, 9.17) is 4.74 Å². The van der Waals surface area contributed by atoms with Crippen molar-refractivity contribution in [1.29, 1.82) is 0 Å². The summed E-state index contributed by atoms with van der Waals surface area (Å²) in [6.07, 6.45) is 1.06. The Kier molecular flexibility index (Phi) is 5.82. The van der Waals surface area contributed by atoms with Crippen molar-refractivity contribution in [2.45, 2.75) is 46.2 Å². The van der Waals surface area contributed by atoms with E-state index in [0.717, 1.165) is 6.42 Å². The molecule has 0 fully saturated rings. The van der Waals surface area contributed by atoms with Crippen molar-refractivity contribution in [1.82, 2.24) is 5.32 Å². The van der Waals surface area contributed by atoms with Gasteiger partial charge in [0.25, 0.3) is 0 Å². The van der Waals surface area contributed by atoms with Gasteiger partial charge in [0.2, 0.25) is 0 Å². The predicted octanol–water partition coefficient (Wildman–Crippen LogP) is 3.16. The lowest BCUT2D eigenvalue weighted by Crippen LogP contribution is -2.42. The van der Waals surface area contributed by atoms with Crippen molar-refractivity contribution in [2.75, 3.05) is 7.11 Å². The van der Waals surface area contributed by atoms with Crippen molar-refractivity contribution < 1.29 is 9.53 Å². The standard InChI is InChI=1S/C14H23NO2S/c1-6-11-7-8-12(18-11)10(4)15-13(9(2)3)14(16)17-5/h7-10,13,15H,6H2,1-5H3. The topological polar surface area (TPSA) is 38.3 Å². The normalized spacial score (nSPS) is 14.6. The van der Waals surface area contributed by atoms with Gasteiger partial charge in [-0.1, -0.05) is 20.8 Å². The first-order chi connectivity index (χ1) is 8.49. The van der Waals surface area contributed by atoms with Gasteiger partial charge in [-0.25, -0.2) is 0 Å². The molecule has 18 heavy (non-hydrogen) atoms. The number of carbonyl (C=O) groups is 1. The van der Waals surface area contributed by atoms with E-state index in [-0.39, 0.29) is 24.0 Å². The van der Waals surface area contributed by atoms with Gasteiger partial charge in [0.1, 0.15) is 6.04 Å². The second-order valence-corrected chi connectivity index (χ2v) is 5.99. The number of aryl methyl sites for hydroxylation is 1. The Bertz CT molecular complexity index is 387. The Labute approximate surface area is 114 Å². The van der Waals surface area contributed by atoms with Crippen LogP contribution in [0.25, 0.3) is 0 Å². The van der Waals surface area contributed by atoms with E-state index in [9.17, 15) is 4.79 Å². The molecule has 2 atom stereocenters. The molecule has 2 unspecified atom stereocenters. The van der Waals surface area contributed by atoms with Crippen LogP contribution in [0.1, 0.15) is 43.5 Å². The maximum Gasteiger partial charge on any atom is 0.323 e. The minimum Gasteiger partial charge on any atom is -0.468 e. The van der Waals surface area contributed by atoms with Crippen molar-refractivity contribution in [2.24, 2.45) is 5.92 Å². The van der Waals surface area contributed by atoms with Crippen LogP contribution in [0.15, 0.2) is 12.1 Å². The minimum atomic E-state index is -0.253. The Hall–Kier alpha value is -0.870. The van der Waals surface area contributed by atoms with Gasteiger partial charge in [-0.3, -0.25) is 10.1 Å². The quantitative estimate of drug-likeness (QED) is 0.806. The van der Waals surface area contributed by atoms with E-state index in [1.54, 1.807) is 11.3 Å². The van der Waals surface area contributed by atoms with E-state index in [1.165, 1.54) is 16.9 Å². The summed E-state index contributed by atoms with van der Waals surface area (Å²) in [5.74, 6) is 0.0228. The number of rotatable bonds is 6. The molecule has 0 aromatic carbocycles. The zero-order valence-electron chi connectivity index (χ0n) is 11.8. The van der Waals surface area contributed by atoms with Gasteiger partial charge in [-0.05, 0) is 31.4 Å². The largest absolute Gasteiger partial charge is 0.468 e. The second-order valence-electron chi connectivity index (χ2n) is 4.79. The van der Waals surface area contributed by atoms with Gasteiger partial charge in [-0.2, -0.15) is 0 Å². The third-order valence-electron chi connectivity index (χ3n) is 3.01. The summed E-state index contributed by atoms with van der Waals surface area (Å²) >= 11 is 1.80. The Morgan fingerprint density at radius 1 is 1.39 bits per heavy atom. The summed E-state index contributed by atoms with van der Waals surface area (Å²) in [5, 5.41) is 3.36. The number of thiophene rings is 1. The molecule has 1 aromatic heterocycles. The molecule has 0 radical (unpaired) electrons. The third-order valence-corrected chi connectivity index (χ3v) is 4.42. The summed E-state index contributed by atoms with van der Waals surface area (Å²) in [6, 6.07) is 4.20. The summed E-state index contributed by atoms with van der Waals surface area (Å²) in [5.41, 5.74) is 0. The maximum atomic E-state index is 11.7. The van der Waals surface area contributed by atoms with Gasteiger partial charge in [0.15, 0.2) is 0 Å². The molecule has 0 spiro atoms. The summed E-state index contributed by atoms with van der Waals surface area (Å²) in [6.45, 7) is 8.28. The first-order valence-electron chi connectivity index (χ1n) is 6.42. The first-order valence-corrected chi connectivity index (χ1v) is 7.23. The highest BCUT2D eigenvalue weighted by atomic mass is 32.1. The van der Waals surface area contributed by atoms with E-state index >= 15 is 0 Å². The molecular formula is C14H23NO2S. The second kappa shape index (κ2) is 6.90. The fourth-order valence-electron chi connectivity index (χ4n) is 1.83. The van der Waals surface area contributed by atoms with Crippen LogP contribution in [0.3, 0.4) is 0 Å². The smallest absolute Gasteiger partial charge is 0.323 e. The van der Waals surface area contributed by atoms with Crippen LogP contribution >= 0.6 is 11.3 Å². The summed E-state index contributed by atoms with van der Waals surface area (Å²) in [7, 11) is 1.43. The Morgan fingerprint density at radius 3 is 2.50 bits per heavy atom. The highest BCUT2D eigenvalue weighted by molar-refractivity contribution is 7.12. The molecule has 0 saturated heterocycles. The monoisotopic (exact) mass is 269 g/mol. The SMILES string of the molecule is CCc1ccc(C(C)NC(C(=O)OC)C(C)C)s1. The van der Waals surface area contributed by atoms with Crippen LogP contribution in [0.5, 0.6) is 0 Å². The first kappa shape index (κ1) is 15.2. The zero-order chi connectivity index (χ0) is 13.7. The number of hydrogen-bond acceptors (Lipinski definition) is 4. The highest BCUT2D eigenvalue weighted by Gasteiger charge is 2.25. The van der Waals surface area contributed by atoms with Crippen LogP contribution in [-0.2, 0) is 16.0 Å². The molecule has 1 heterocycles. The molecule has 1 N–H and O–H groups in total. The van der Waals surface area contributed by atoms with Crippen LogP contribution < -0.4 is 5.32 Å². The van der Waals surface area contributed by atoms with E-state index in [1.807, 2.05) is 13.8 Å². The van der Waals surface area contributed by atoms with Crippen LogP contribution in [0.2, 0.25) is 0 Å². The van der Waals surface area contributed by atoms with Crippen LogP contribution in [-0.4, -0.2) is 19.1 Å². The molecular weight excluding hydrogens is 246 g/mol. The van der Waals surface area contributed by atoms with Gasteiger partial charge < -0.3 is 4.74 Å². The third kappa shape index (κ3) is 3.82. The zero-order valence-corrected chi connectivity index (χ0v) is 12.6. The van der Waals surface area contributed by atoms with Gasteiger partial charge in [-0.15, -0.1) is 11.3 Å². The number of esters is 1. The number of hydrogen-bond donors (Lipinski definition) is 1. The Balaban J connectivity index is 2.71. The fourth-order valence-corrected chi connectivity index (χ4v) is 2.79. The maximum absolute atomic E-state index is 11.7. The van der Waals surface area contributed by atoms with E-state index < -0.39 is 0 Å². The van der Waals surface area contributed by atoms with Crippen LogP contribution in [0, 0.1) is 5.92 Å². The number of ether oxygens (including phenoxy) is 1. The molecule has 0 aliphatic rings. The van der Waals surface area contributed by atoms with E-state index in [0.29, 0.717) is 0 Å². The molecule has 0 bridgehead atoms. The molecule has 0 amide bonds. The number of nitrogens with one attached hydrogen (secondary N) is 1. The number of carbonyl (C=O) groups excluding carboxylic acids is 1. The molecule has 4 heteroatoms. The number of methoxy groups -OCH3 is 1.